The third-order valence-electron chi connectivity index (χ3n) is 12.3. The van der Waals surface area contributed by atoms with Crippen LogP contribution >= 0.6 is 15.9 Å². The lowest BCUT2D eigenvalue weighted by Gasteiger charge is -2.37. The first-order valence-corrected chi connectivity index (χ1v) is 23.8. The van der Waals surface area contributed by atoms with Crippen molar-refractivity contribution >= 4 is 57.5 Å². The normalized spacial score (nSPS) is 20.0. The highest BCUT2D eigenvalue weighted by molar-refractivity contribution is 9.10. The first-order valence-electron chi connectivity index (χ1n) is 19.9. The lowest BCUT2D eigenvalue weighted by Crippen LogP contribution is -2.52. The number of carbonyl (C=O) groups is 2. The van der Waals surface area contributed by atoms with E-state index in [1.807, 2.05) is 103 Å². The molecule has 2 amide bonds. The molecule has 4 atom stereocenters. The summed E-state index contributed by atoms with van der Waals surface area (Å²) in [5.74, 6) is 0.0822. The summed E-state index contributed by atoms with van der Waals surface area (Å²) in [6, 6.07) is 38.6. The molecule has 0 bridgehead atoms. The number of anilines is 1. The van der Waals surface area contributed by atoms with E-state index >= 15 is 4.79 Å². The van der Waals surface area contributed by atoms with E-state index in [1.165, 1.54) is 4.68 Å². The summed E-state index contributed by atoms with van der Waals surface area (Å²) < 4.78 is 15.0. The Morgan fingerprint density at radius 3 is 2.41 bits per heavy atom. The van der Waals surface area contributed by atoms with Gasteiger partial charge in [0, 0.05) is 34.4 Å². The highest BCUT2D eigenvalue weighted by Gasteiger charge is 2.66. The number of nitrogens with zero attached hydrogens (tertiary/aromatic N) is 4. The number of aromatic nitrogens is 2. The third kappa shape index (κ3) is 7.32. The monoisotopic (exact) mass is 870 g/mol. The molecule has 6 aromatic rings. The minimum absolute atomic E-state index is 0.0440. The number of aliphatic hydroxyl groups is 1. The lowest BCUT2D eigenvalue weighted by molar-refractivity contribution is -0.150. The second-order valence-electron chi connectivity index (χ2n) is 16.1. The van der Waals surface area contributed by atoms with E-state index in [9.17, 15) is 14.7 Å². The van der Waals surface area contributed by atoms with Crippen LogP contribution in [0.5, 0.6) is 5.75 Å². The first kappa shape index (κ1) is 40.4. The Morgan fingerprint density at radius 1 is 0.932 bits per heavy atom. The van der Waals surface area contributed by atoms with Crippen LogP contribution in [0.1, 0.15) is 30.0 Å². The number of hydrogen-bond acceptors (Lipinski definition) is 7. The predicted octanol–water partition coefficient (Wildman–Crippen LogP) is 7.33. The van der Waals surface area contributed by atoms with Crippen LogP contribution in [0, 0.1) is 5.92 Å². The lowest BCUT2D eigenvalue weighted by atomic mass is 9.82. The SMILES string of the molecule is COc1ccc([Si](C)(C)[C@H]2[C@H](CC(=O)N(CCO)Cc3ccccc3)O[C@@]3(C(=O)N(Cc4cccc(-n5ncc6ccccc6c5=O)c4)c4ccc(Br)cc43)[C@@H]2C)cc1. The van der Waals surface area contributed by atoms with Crippen molar-refractivity contribution in [2.45, 2.75) is 56.8 Å². The number of methoxy groups -OCH3 is 1. The molecule has 10 nitrogen and oxygen atoms in total. The molecule has 1 spiro atoms. The number of hydrogen-bond donors (Lipinski definition) is 1. The second-order valence-corrected chi connectivity index (χ2v) is 21.7. The molecule has 12 heteroatoms. The van der Waals surface area contributed by atoms with Crippen molar-refractivity contribution in [3.05, 3.63) is 159 Å². The number of aliphatic hydroxyl groups excluding tert-OH is 1. The molecule has 59 heavy (non-hydrogen) atoms. The molecular formula is C47H47BrN4O6Si. The molecule has 2 aliphatic rings. The quantitative estimate of drug-likeness (QED) is 0.128. The molecule has 1 N–H and O–H groups in total. The summed E-state index contributed by atoms with van der Waals surface area (Å²) in [7, 11) is -0.903. The number of ether oxygens (including phenoxy) is 2. The number of rotatable bonds is 12. The largest absolute Gasteiger partial charge is 0.497 e. The van der Waals surface area contributed by atoms with Crippen molar-refractivity contribution in [1.29, 1.82) is 0 Å². The number of carbonyl (C=O) groups excluding carboxylic acids is 2. The van der Waals surface area contributed by atoms with Crippen LogP contribution in [-0.4, -0.2) is 66.0 Å². The van der Waals surface area contributed by atoms with Gasteiger partial charge in [-0.3, -0.25) is 14.4 Å². The van der Waals surface area contributed by atoms with E-state index in [0.717, 1.165) is 43.2 Å². The van der Waals surface area contributed by atoms with Crippen LogP contribution in [-0.2, 0) is 33.0 Å². The zero-order valence-corrected chi connectivity index (χ0v) is 36.1. The molecule has 0 radical (unpaired) electrons. The summed E-state index contributed by atoms with van der Waals surface area (Å²) in [4.78, 5) is 46.9. The number of benzene rings is 5. The van der Waals surface area contributed by atoms with Gasteiger partial charge in [0.05, 0.1) is 63.8 Å². The van der Waals surface area contributed by atoms with Gasteiger partial charge in [-0.25, -0.2) is 0 Å². The van der Waals surface area contributed by atoms with Gasteiger partial charge >= 0.3 is 0 Å². The summed E-state index contributed by atoms with van der Waals surface area (Å²) in [6.45, 7) is 7.25. The van der Waals surface area contributed by atoms with E-state index in [-0.39, 0.29) is 54.9 Å². The molecule has 8 rings (SSSR count). The maximum Gasteiger partial charge on any atom is 0.279 e. The van der Waals surface area contributed by atoms with Crippen LogP contribution < -0.4 is 20.4 Å². The molecule has 0 aliphatic carbocycles. The summed E-state index contributed by atoms with van der Waals surface area (Å²) in [6.07, 6.45) is 1.12. The highest BCUT2D eigenvalue weighted by Crippen LogP contribution is 2.60. The van der Waals surface area contributed by atoms with Crippen molar-refractivity contribution < 1.29 is 24.2 Å². The Kier molecular flexibility index (Phi) is 11.2. The third-order valence-corrected chi connectivity index (χ3v) is 17.2. The molecule has 5 aromatic carbocycles. The average molecular weight is 872 g/mol. The van der Waals surface area contributed by atoms with Crippen molar-refractivity contribution in [2.75, 3.05) is 25.2 Å². The Hall–Kier alpha value is -5.40. The van der Waals surface area contributed by atoms with Crippen molar-refractivity contribution in [3.8, 4) is 11.4 Å². The van der Waals surface area contributed by atoms with Crippen molar-refractivity contribution in [1.82, 2.24) is 14.7 Å². The number of amides is 2. The van der Waals surface area contributed by atoms with Crippen molar-refractivity contribution in [3.63, 3.8) is 0 Å². The Bertz CT molecular complexity index is 2580. The maximum absolute atomic E-state index is 15.5. The average Bonchev–Trinajstić information content (AvgIpc) is 3.66. The molecule has 0 unspecified atom stereocenters. The van der Waals surface area contributed by atoms with Crippen LogP contribution in [0.3, 0.4) is 0 Å². The number of halogens is 1. The Labute approximate surface area is 353 Å². The van der Waals surface area contributed by atoms with Gasteiger partial charge in [-0.1, -0.05) is 114 Å². The van der Waals surface area contributed by atoms with Gasteiger partial charge in [0.2, 0.25) is 5.91 Å². The van der Waals surface area contributed by atoms with E-state index in [0.29, 0.717) is 17.6 Å². The minimum atomic E-state index is -2.55. The zero-order chi connectivity index (χ0) is 41.5. The fourth-order valence-electron chi connectivity index (χ4n) is 9.40. The highest BCUT2D eigenvalue weighted by atomic mass is 79.9. The molecule has 302 valence electrons. The van der Waals surface area contributed by atoms with Gasteiger partial charge in [0.1, 0.15) is 5.75 Å². The first-order chi connectivity index (χ1) is 28.5. The van der Waals surface area contributed by atoms with E-state index < -0.39 is 19.8 Å². The molecule has 0 saturated carbocycles. The van der Waals surface area contributed by atoms with Gasteiger partial charge in [0.25, 0.3) is 11.5 Å². The fourth-order valence-corrected chi connectivity index (χ4v) is 13.8. The molecule has 3 heterocycles. The smallest absolute Gasteiger partial charge is 0.279 e. The van der Waals surface area contributed by atoms with Gasteiger partial charge in [0.15, 0.2) is 5.60 Å². The summed E-state index contributed by atoms with van der Waals surface area (Å²) >= 11 is 3.70. The standard InChI is InChI=1S/C47H47BrN4O6Si/c1-31-44(59(3,4)38-20-18-37(57-2)19-21-38)42(27-43(54)50(23-24-53)29-32-11-6-5-7-12-32)58-47(31)40-26-35(48)17-22-41(40)51(46(47)56)30-33-13-10-15-36(25-33)52-45(55)39-16-9-8-14-34(39)28-49-52/h5-22,25-26,28,31,42,44,53H,23-24,27,29-30H2,1-4H3/t31-,42+,44-,47+/m1/s1. The topological polar surface area (TPSA) is 114 Å². The van der Waals surface area contributed by atoms with Crippen LogP contribution in [0.2, 0.25) is 18.6 Å². The van der Waals surface area contributed by atoms with E-state index in [2.05, 4.69) is 53.2 Å². The molecular weight excluding hydrogens is 825 g/mol. The van der Waals surface area contributed by atoms with E-state index in [1.54, 1.807) is 29.2 Å². The fraction of sp³-hybridized carbons (Fsp3) is 0.277. The van der Waals surface area contributed by atoms with E-state index in [4.69, 9.17) is 9.47 Å². The van der Waals surface area contributed by atoms with Gasteiger partial charge in [-0.05, 0) is 65.2 Å². The van der Waals surface area contributed by atoms with Crippen LogP contribution in [0.15, 0.2) is 137 Å². The Morgan fingerprint density at radius 2 is 1.66 bits per heavy atom. The molecule has 2 aliphatic heterocycles. The van der Waals surface area contributed by atoms with Crippen LogP contribution in [0.25, 0.3) is 16.5 Å². The Balaban J connectivity index is 1.18. The van der Waals surface area contributed by atoms with Gasteiger partial charge < -0.3 is 24.4 Å². The van der Waals surface area contributed by atoms with Crippen LogP contribution in [0.4, 0.5) is 5.69 Å². The molecule has 1 fully saturated rings. The number of fused-ring (bicyclic) bond motifs is 3. The summed E-state index contributed by atoms with van der Waals surface area (Å²) in [5.41, 5.74) is 2.07. The zero-order valence-electron chi connectivity index (χ0n) is 33.5. The van der Waals surface area contributed by atoms with Gasteiger partial charge in [-0.15, -0.1) is 0 Å². The van der Waals surface area contributed by atoms with Gasteiger partial charge in [-0.2, -0.15) is 9.78 Å². The maximum atomic E-state index is 15.5. The van der Waals surface area contributed by atoms with Crippen molar-refractivity contribution in [2.24, 2.45) is 5.92 Å². The summed E-state index contributed by atoms with van der Waals surface area (Å²) in [5, 5.41) is 17.0. The predicted molar refractivity (Wildman–Crippen MR) is 236 cm³/mol. The molecule has 1 saturated heterocycles. The molecule has 1 aromatic heterocycles. The minimum Gasteiger partial charge on any atom is -0.497 e. The second kappa shape index (κ2) is 16.3.